The average Bonchev–Trinajstić information content (AvgIpc) is 2.79. The molecule has 0 fully saturated rings. The first kappa shape index (κ1) is 16.1. The van der Waals surface area contributed by atoms with Gasteiger partial charge in [-0.1, -0.05) is 0 Å². The number of methoxy groups -OCH3 is 1. The Balaban J connectivity index is 2.56. The highest BCUT2D eigenvalue weighted by Gasteiger charge is 2.16. The molecule has 0 aliphatic carbocycles. The van der Waals surface area contributed by atoms with E-state index in [2.05, 4.69) is 5.32 Å². The van der Waals surface area contributed by atoms with Gasteiger partial charge in [-0.2, -0.15) is 0 Å². The maximum atomic E-state index is 12.0. The summed E-state index contributed by atoms with van der Waals surface area (Å²) in [7, 11) is 1.63. The second kappa shape index (κ2) is 6.26. The lowest BCUT2D eigenvalue weighted by atomic mass is 9.98. The number of benzene rings is 1. The molecule has 4 heteroatoms. The highest BCUT2D eigenvalue weighted by Crippen LogP contribution is 2.37. The number of amides is 1. The van der Waals surface area contributed by atoms with E-state index < -0.39 is 0 Å². The van der Waals surface area contributed by atoms with Crippen molar-refractivity contribution in [1.82, 2.24) is 5.32 Å². The van der Waals surface area contributed by atoms with Crippen LogP contribution in [0.5, 0.6) is 5.75 Å². The van der Waals surface area contributed by atoms with Crippen molar-refractivity contribution in [2.24, 2.45) is 0 Å². The molecule has 0 atom stereocenters. The first-order valence-corrected chi connectivity index (χ1v) is 7.39. The van der Waals surface area contributed by atoms with Gasteiger partial charge in [0, 0.05) is 28.6 Å². The minimum Gasteiger partial charge on any atom is -0.496 e. The maximum absolute atomic E-state index is 12.0. The van der Waals surface area contributed by atoms with Crippen molar-refractivity contribution in [2.75, 3.05) is 7.11 Å². The molecule has 22 heavy (non-hydrogen) atoms. The quantitative estimate of drug-likeness (QED) is 0.869. The third kappa shape index (κ3) is 3.01. The molecular weight excluding hydrogens is 278 g/mol. The second-order valence-electron chi connectivity index (χ2n) is 5.87. The molecule has 2 rings (SSSR count). The molecule has 0 saturated carbocycles. The Morgan fingerprint density at radius 1 is 1.36 bits per heavy atom. The molecule has 0 aliphatic heterocycles. The zero-order valence-electron chi connectivity index (χ0n) is 14.0. The zero-order valence-corrected chi connectivity index (χ0v) is 14.0. The molecular formula is C18H23NO3. The molecule has 2 aromatic rings. The van der Waals surface area contributed by atoms with Gasteiger partial charge >= 0.3 is 0 Å². The van der Waals surface area contributed by atoms with Crippen LogP contribution in [0.3, 0.4) is 0 Å². The van der Waals surface area contributed by atoms with Gasteiger partial charge in [-0.3, -0.25) is 4.79 Å². The average molecular weight is 301 g/mol. The number of carbonyl (C=O) groups is 1. The number of fused-ring (bicyclic) bond motifs is 1. The van der Waals surface area contributed by atoms with E-state index in [9.17, 15) is 4.79 Å². The fourth-order valence-corrected chi connectivity index (χ4v) is 2.59. The zero-order chi connectivity index (χ0) is 16.4. The molecule has 0 spiro atoms. The van der Waals surface area contributed by atoms with Gasteiger partial charge in [-0.25, -0.2) is 0 Å². The van der Waals surface area contributed by atoms with Gasteiger partial charge in [0.25, 0.3) is 0 Å². The molecule has 0 bridgehead atoms. The van der Waals surface area contributed by atoms with Crippen LogP contribution < -0.4 is 10.1 Å². The number of hydrogen-bond donors (Lipinski definition) is 1. The lowest BCUT2D eigenvalue weighted by molar-refractivity contribution is -0.116. The van der Waals surface area contributed by atoms with Gasteiger partial charge in [0.15, 0.2) is 0 Å². The Bertz CT molecular complexity index is 738. The number of furan rings is 1. The molecule has 1 aromatic carbocycles. The molecule has 0 unspecified atom stereocenters. The molecule has 0 aliphatic rings. The van der Waals surface area contributed by atoms with Crippen LogP contribution in [0, 0.1) is 13.8 Å². The summed E-state index contributed by atoms with van der Waals surface area (Å²) in [6.07, 6.45) is 3.35. The lowest BCUT2D eigenvalue weighted by Crippen LogP contribution is -2.28. The van der Waals surface area contributed by atoms with Crippen molar-refractivity contribution < 1.29 is 13.9 Å². The second-order valence-corrected chi connectivity index (χ2v) is 5.87. The van der Waals surface area contributed by atoms with Crippen LogP contribution >= 0.6 is 0 Å². The van der Waals surface area contributed by atoms with Crippen molar-refractivity contribution in [1.29, 1.82) is 0 Å². The van der Waals surface area contributed by atoms with Crippen LogP contribution in [0.2, 0.25) is 0 Å². The van der Waals surface area contributed by atoms with E-state index in [1.807, 2.05) is 40.7 Å². The van der Waals surface area contributed by atoms with Gasteiger partial charge in [-0.15, -0.1) is 0 Å². The predicted molar refractivity (Wildman–Crippen MR) is 89.2 cm³/mol. The van der Waals surface area contributed by atoms with Crippen molar-refractivity contribution >= 4 is 22.4 Å². The Labute approximate surface area is 131 Å². The molecule has 1 N–H and O–H groups in total. The summed E-state index contributed by atoms with van der Waals surface area (Å²) >= 11 is 0. The van der Waals surface area contributed by atoms with E-state index in [0.29, 0.717) is 0 Å². The predicted octanol–water partition coefficient (Wildman–Crippen LogP) is 3.99. The van der Waals surface area contributed by atoms with Crippen molar-refractivity contribution in [3.63, 3.8) is 0 Å². The van der Waals surface area contributed by atoms with Gasteiger partial charge < -0.3 is 14.5 Å². The Kier molecular flexibility index (Phi) is 4.59. The normalized spacial score (nSPS) is 12.0. The van der Waals surface area contributed by atoms with Crippen LogP contribution in [-0.2, 0) is 4.79 Å². The summed E-state index contributed by atoms with van der Waals surface area (Å²) in [5.41, 5.74) is 4.62. The summed E-state index contributed by atoms with van der Waals surface area (Å²) in [6, 6.07) is 2.13. The molecule has 0 radical (unpaired) electrons. The molecule has 1 heterocycles. The molecule has 118 valence electrons. The smallest absolute Gasteiger partial charge is 0.244 e. The first-order valence-electron chi connectivity index (χ1n) is 7.39. The first-order chi connectivity index (χ1) is 10.3. The highest BCUT2D eigenvalue weighted by molar-refractivity contribution is 5.98. The van der Waals surface area contributed by atoms with Crippen LogP contribution in [0.1, 0.15) is 37.5 Å². The van der Waals surface area contributed by atoms with Gasteiger partial charge in [-0.05, 0) is 51.8 Å². The summed E-state index contributed by atoms with van der Waals surface area (Å²) in [5, 5.41) is 3.91. The largest absolute Gasteiger partial charge is 0.496 e. The SMILES string of the molecule is COc1c(/C(C)=C/C(=O)NC(C)C)cc2c(C)coc2c1C. The lowest BCUT2D eigenvalue weighted by Gasteiger charge is -2.13. The molecule has 4 nitrogen and oxygen atoms in total. The summed E-state index contributed by atoms with van der Waals surface area (Å²) in [5.74, 6) is 0.643. The standard InChI is InChI=1S/C18H23NO3/c1-10(2)19-16(20)7-11(3)14-8-15-12(4)9-22-18(15)13(5)17(14)21-6/h7-10H,1-6H3,(H,19,20)/b11-7+. The fraction of sp³-hybridized carbons (Fsp3) is 0.389. The third-order valence-corrected chi connectivity index (χ3v) is 3.65. The molecule has 1 aromatic heterocycles. The van der Waals surface area contributed by atoms with Crippen molar-refractivity contribution in [3.05, 3.63) is 35.1 Å². The molecule has 1 amide bonds. The van der Waals surface area contributed by atoms with Gasteiger partial charge in [0.05, 0.1) is 13.4 Å². The Morgan fingerprint density at radius 3 is 2.64 bits per heavy atom. The number of nitrogens with one attached hydrogen (secondary N) is 1. The van der Waals surface area contributed by atoms with Crippen molar-refractivity contribution in [2.45, 2.75) is 40.7 Å². The number of hydrogen-bond acceptors (Lipinski definition) is 3. The minimum absolute atomic E-state index is 0.101. The van der Waals surface area contributed by atoms with E-state index in [0.717, 1.165) is 39.0 Å². The highest BCUT2D eigenvalue weighted by atomic mass is 16.5. The number of ether oxygens (including phenoxy) is 1. The van der Waals surface area contributed by atoms with Crippen molar-refractivity contribution in [3.8, 4) is 5.75 Å². The number of aryl methyl sites for hydroxylation is 2. The van der Waals surface area contributed by atoms with Crippen LogP contribution in [-0.4, -0.2) is 19.1 Å². The summed E-state index contributed by atoms with van der Waals surface area (Å²) in [4.78, 5) is 12.0. The minimum atomic E-state index is -0.101. The maximum Gasteiger partial charge on any atom is 0.244 e. The Morgan fingerprint density at radius 2 is 2.05 bits per heavy atom. The molecule has 0 saturated heterocycles. The number of carbonyl (C=O) groups excluding carboxylic acids is 1. The van der Waals surface area contributed by atoms with Gasteiger partial charge in [0.2, 0.25) is 5.91 Å². The van der Waals surface area contributed by atoms with E-state index in [1.165, 1.54) is 0 Å². The van der Waals surface area contributed by atoms with Crippen LogP contribution in [0.25, 0.3) is 16.5 Å². The van der Waals surface area contributed by atoms with E-state index in [1.54, 1.807) is 19.4 Å². The van der Waals surface area contributed by atoms with E-state index in [4.69, 9.17) is 9.15 Å². The van der Waals surface area contributed by atoms with Gasteiger partial charge in [0.1, 0.15) is 11.3 Å². The number of allylic oxidation sites excluding steroid dienone is 1. The third-order valence-electron chi connectivity index (χ3n) is 3.65. The van der Waals surface area contributed by atoms with E-state index >= 15 is 0 Å². The number of rotatable bonds is 4. The van der Waals surface area contributed by atoms with Crippen LogP contribution in [0.4, 0.5) is 0 Å². The topological polar surface area (TPSA) is 51.5 Å². The summed E-state index contributed by atoms with van der Waals surface area (Å²) < 4.78 is 11.2. The fourth-order valence-electron chi connectivity index (χ4n) is 2.59. The monoisotopic (exact) mass is 301 g/mol. The Hall–Kier alpha value is -2.23. The van der Waals surface area contributed by atoms with Crippen LogP contribution in [0.15, 0.2) is 22.8 Å². The summed E-state index contributed by atoms with van der Waals surface area (Å²) in [6.45, 7) is 9.76. The van der Waals surface area contributed by atoms with E-state index in [-0.39, 0.29) is 11.9 Å².